The second kappa shape index (κ2) is 12.6. The highest BCUT2D eigenvalue weighted by atomic mass is 32.2. The van der Waals surface area contributed by atoms with Gasteiger partial charge in [0, 0.05) is 18.2 Å². The zero-order valence-corrected chi connectivity index (χ0v) is 24.6. The van der Waals surface area contributed by atoms with E-state index in [1.807, 2.05) is 0 Å². The summed E-state index contributed by atoms with van der Waals surface area (Å²) in [6, 6.07) is 12.7. The number of ether oxygens (including phenoxy) is 1. The zero-order valence-electron chi connectivity index (χ0n) is 23.0. The fourth-order valence-electron chi connectivity index (χ4n) is 3.86. The summed E-state index contributed by atoms with van der Waals surface area (Å²) in [5.74, 6) is -2.80. The van der Waals surface area contributed by atoms with E-state index >= 15 is 0 Å². The van der Waals surface area contributed by atoms with Crippen LogP contribution in [0.3, 0.4) is 0 Å². The molecule has 0 saturated heterocycles. The Hall–Kier alpha value is -5.46. The van der Waals surface area contributed by atoms with Gasteiger partial charge in [-0.05, 0) is 42.0 Å². The van der Waals surface area contributed by atoms with Gasteiger partial charge in [0.25, 0.3) is 11.8 Å². The number of primary sulfonamides is 1. The molecule has 0 radical (unpaired) electrons. The van der Waals surface area contributed by atoms with Crippen molar-refractivity contribution < 1.29 is 36.0 Å². The number of nitrogen functional groups attached to an aromatic ring is 1. The molecule has 2 aromatic heterocycles. The van der Waals surface area contributed by atoms with Crippen LogP contribution in [0.4, 0.5) is 30.2 Å². The number of hydrogen-bond donors (Lipinski definition) is 5. The minimum atomic E-state index is -3.84. The van der Waals surface area contributed by atoms with Crippen molar-refractivity contribution in [1.29, 1.82) is 0 Å². The molecule has 18 heteroatoms. The Balaban J connectivity index is 1.27. The third kappa shape index (κ3) is 7.20. The van der Waals surface area contributed by atoms with Gasteiger partial charge in [0.2, 0.25) is 15.8 Å². The molecule has 5 rings (SSSR count). The van der Waals surface area contributed by atoms with E-state index in [4.69, 9.17) is 20.1 Å². The number of nitrogens with zero attached hydrogens (tertiary/aromatic N) is 3. The number of benzene rings is 3. The molecule has 45 heavy (non-hydrogen) atoms. The molecule has 5 aromatic rings. The average Bonchev–Trinajstić information content (AvgIpc) is 3.63. The zero-order chi connectivity index (χ0) is 32.3. The minimum Gasteiger partial charge on any atom is -0.497 e. The summed E-state index contributed by atoms with van der Waals surface area (Å²) < 4.78 is 62.4. The molecule has 0 aliphatic rings. The smallest absolute Gasteiger partial charge is 0.321 e. The van der Waals surface area contributed by atoms with Gasteiger partial charge in [0.15, 0.2) is 5.13 Å². The van der Waals surface area contributed by atoms with Crippen molar-refractivity contribution in [3.05, 3.63) is 83.4 Å². The third-order valence-electron chi connectivity index (χ3n) is 6.08. The van der Waals surface area contributed by atoms with Crippen LogP contribution in [0.25, 0.3) is 22.2 Å². The lowest BCUT2D eigenvalue weighted by atomic mass is 10.1. The summed E-state index contributed by atoms with van der Waals surface area (Å²) in [7, 11) is -2.41. The van der Waals surface area contributed by atoms with Crippen LogP contribution in [0.5, 0.6) is 5.75 Å². The van der Waals surface area contributed by atoms with Crippen LogP contribution in [0.1, 0.15) is 15.9 Å². The second-order valence-electron chi connectivity index (χ2n) is 9.15. The first-order valence-electron chi connectivity index (χ1n) is 12.6. The number of carbonyl (C=O) groups is 2. The van der Waals surface area contributed by atoms with Gasteiger partial charge in [-0.2, -0.15) is 4.98 Å². The maximum Gasteiger partial charge on any atom is 0.321 e. The van der Waals surface area contributed by atoms with Crippen LogP contribution in [-0.4, -0.2) is 42.6 Å². The first kappa shape index (κ1) is 31.0. The van der Waals surface area contributed by atoms with Gasteiger partial charge >= 0.3 is 6.03 Å². The SMILES string of the molecule is COc1cccc(C(=O)Nc2cc(-c3noc(-c4sc(NC(=O)NCc5ccc(S(N)(=O)=O)cc5)nc4N)n3)c(F)cc2F)c1. The first-order chi connectivity index (χ1) is 21.4. The van der Waals surface area contributed by atoms with E-state index in [1.165, 1.54) is 43.5 Å². The molecule has 3 amide bonds. The molecule has 0 unspecified atom stereocenters. The number of carbonyl (C=O) groups excluding carboxylic acids is 2. The Morgan fingerprint density at radius 3 is 2.49 bits per heavy atom. The van der Waals surface area contributed by atoms with Crippen molar-refractivity contribution in [3.8, 4) is 27.9 Å². The number of sulfonamides is 1. The van der Waals surface area contributed by atoms with Crippen molar-refractivity contribution in [2.24, 2.45) is 5.14 Å². The van der Waals surface area contributed by atoms with E-state index in [2.05, 4.69) is 31.1 Å². The fourth-order valence-corrected chi connectivity index (χ4v) is 5.18. The lowest BCUT2D eigenvalue weighted by Crippen LogP contribution is -2.28. The van der Waals surface area contributed by atoms with Crippen LogP contribution < -0.4 is 31.6 Å². The number of methoxy groups -OCH3 is 1. The van der Waals surface area contributed by atoms with Gasteiger partial charge in [0.1, 0.15) is 28.1 Å². The first-order valence-corrected chi connectivity index (χ1v) is 15.0. The molecular weight excluding hydrogens is 634 g/mol. The molecule has 0 aliphatic carbocycles. The largest absolute Gasteiger partial charge is 0.497 e. The van der Waals surface area contributed by atoms with Gasteiger partial charge in [-0.25, -0.2) is 32.1 Å². The average molecular weight is 657 g/mol. The van der Waals surface area contributed by atoms with E-state index < -0.39 is 33.6 Å². The number of nitrogens with one attached hydrogen (secondary N) is 3. The van der Waals surface area contributed by atoms with Crippen molar-refractivity contribution in [2.45, 2.75) is 11.4 Å². The second-order valence-corrected chi connectivity index (χ2v) is 11.7. The number of rotatable bonds is 9. The quantitative estimate of drug-likeness (QED) is 0.154. The molecular formula is C27H22F2N8O6S2. The molecule has 7 N–H and O–H groups in total. The van der Waals surface area contributed by atoms with E-state index in [0.717, 1.165) is 17.4 Å². The third-order valence-corrected chi connectivity index (χ3v) is 7.98. The van der Waals surface area contributed by atoms with Gasteiger partial charge in [0.05, 0.1) is 23.3 Å². The number of urea groups is 1. The number of amides is 3. The normalized spacial score (nSPS) is 11.2. The molecule has 2 heterocycles. The topological polar surface area (TPSA) is 217 Å². The van der Waals surface area contributed by atoms with Gasteiger partial charge in [-0.15, -0.1) is 0 Å². The monoisotopic (exact) mass is 656 g/mol. The fraction of sp³-hybridized carbons (Fsp3) is 0.0741. The van der Waals surface area contributed by atoms with E-state index in [1.54, 1.807) is 12.1 Å². The predicted octanol–water partition coefficient (Wildman–Crippen LogP) is 3.95. The maximum atomic E-state index is 14.8. The van der Waals surface area contributed by atoms with Gasteiger partial charge < -0.3 is 25.6 Å². The van der Waals surface area contributed by atoms with Crippen LogP contribution >= 0.6 is 11.3 Å². The summed E-state index contributed by atoms with van der Waals surface area (Å²) in [5, 5.41) is 16.4. The van der Waals surface area contributed by atoms with Crippen LogP contribution in [0, 0.1) is 11.6 Å². The molecule has 0 fully saturated rings. The number of nitrogens with two attached hydrogens (primary N) is 2. The van der Waals surface area contributed by atoms with Crippen molar-refractivity contribution in [1.82, 2.24) is 20.4 Å². The van der Waals surface area contributed by atoms with Crippen LogP contribution in [0.2, 0.25) is 0 Å². The molecule has 232 valence electrons. The number of thiazole rings is 1. The highest BCUT2D eigenvalue weighted by Gasteiger charge is 2.22. The number of anilines is 3. The Morgan fingerprint density at radius 1 is 1.02 bits per heavy atom. The highest BCUT2D eigenvalue weighted by Crippen LogP contribution is 2.36. The predicted molar refractivity (Wildman–Crippen MR) is 160 cm³/mol. The van der Waals surface area contributed by atoms with Crippen molar-refractivity contribution >= 4 is 49.9 Å². The number of hydrogen-bond acceptors (Lipinski definition) is 11. The molecule has 0 bridgehead atoms. The van der Waals surface area contributed by atoms with Crippen molar-refractivity contribution in [2.75, 3.05) is 23.5 Å². The Morgan fingerprint density at radius 2 is 1.78 bits per heavy atom. The Kier molecular flexibility index (Phi) is 8.70. The molecule has 0 atom stereocenters. The molecule has 0 spiro atoms. The Bertz CT molecular complexity index is 2020. The van der Waals surface area contributed by atoms with Crippen LogP contribution in [-0.2, 0) is 16.6 Å². The lowest BCUT2D eigenvalue weighted by molar-refractivity contribution is 0.102. The maximum absolute atomic E-state index is 14.8. The van der Waals surface area contributed by atoms with Crippen molar-refractivity contribution in [3.63, 3.8) is 0 Å². The Labute approximate surface area is 257 Å². The summed E-state index contributed by atoms with van der Waals surface area (Å²) in [4.78, 5) is 33.3. The van der Waals surface area contributed by atoms with Crippen LogP contribution in [0.15, 0.2) is 70.1 Å². The summed E-state index contributed by atoms with van der Waals surface area (Å²) in [6.45, 7) is 0.0582. The van der Waals surface area contributed by atoms with Gasteiger partial charge in [-0.3, -0.25) is 10.1 Å². The molecule has 0 saturated carbocycles. The van der Waals surface area contributed by atoms with E-state index in [-0.39, 0.29) is 55.8 Å². The minimum absolute atomic E-state index is 0.0582. The summed E-state index contributed by atoms with van der Waals surface area (Å²) >= 11 is 0.889. The standard InChI is InChI=1S/C27H22F2N8O6S2/c1-42-15-4-2-3-14(9-15)24(38)33-20-10-17(18(28)11-19(20)29)23-35-25(43-37-23)21-22(30)34-27(44-21)36-26(39)32-12-13-5-7-16(8-6-13)45(31,40)41/h2-11H,12,30H2,1H3,(H,33,38)(H2,31,40,41)(H2,32,34,36,39). The van der Waals surface area contributed by atoms with E-state index in [0.29, 0.717) is 17.4 Å². The molecule has 14 nitrogen and oxygen atoms in total. The molecule has 0 aliphatic heterocycles. The van der Waals surface area contributed by atoms with Gasteiger partial charge in [-0.1, -0.05) is 34.7 Å². The lowest BCUT2D eigenvalue weighted by Gasteiger charge is -2.09. The molecule has 3 aromatic carbocycles. The highest BCUT2D eigenvalue weighted by molar-refractivity contribution is 7.89. The number of aromatic nitrogens is 3. The number of halogens is 2. The summed E-state index contributed by atoms with van der Waals surface area (Å²) in [6.07, 6.45) is 0. The summed E-state index contributed by atoms with van der Waals surface area (Å²) in [5.41, 5.74) is 6.15. The van der Waals surface area contributed by atoms with E-state index in [9.17, 15) is 26.8 Å².